The molecule has 0 bridgehead atoms. The number of fused-ring (bicyclic) bond motifs is 1. The predicted molar refractivity (Wildman–Crippen MR) is 106 cm³/mol. The zero-order valence-corrected chi connectivity index (χ0v) is 16.3. The van der Waals surface area contributed by atoms with Gasteiger partial charge in [0.25, 0.3) is 0 Å². The molecule has 28 heavy (non-hydrogen) atoms. The highest BCUT2D eigenvalue weighted by Crippen LogP contribution is 2.31. The summed E-state index contributed by atoms with van der Waals surface area (Å²) < 4.78 is 14.3. The molecule has 0 radical (unpaired) electrons. The van der Waals surface area contributed by atoms with Crippen LogP contribution < -0.4 is 16.0 Å². The number of rotatable bonds is 4. The average Bonchev–Trinajstić information content (AvgIpc) is 3.10. The zero-order valence-electron chi connectivity index (χ0n) is 15.5. The van der Waals surface area contributed by atoms with E-state index in [1.165, 1.54) is 0 Å². The Balaban J connectivity index is 1.52. The van der Waals surface area contributed by atoms with Gasteiger partial charge in [-0.2, -0.15) is 0 Å². The SMILES string of the molecule is CC(=O)N1CCCC[C@@H]1CNc1nc(C2=CNC3NC=C(Cl)C=C23)ncc1F. The van der Waals surface area contributed by atoms with Crippen LogP contribution in [0.25, 0.3) is 5.57 Å². The molecule has 3 aliphatic heterocycles. The van der Waals surface area contributed by atoms with Gasteiger partial charge >= 0.3 is 0 Å². The second-order valence-corrected chi connectivity index (χ2v) is 7.52. The Morgan fingerprint density at radius 3 is 3.04 bits per heavy atom. The van der Waals surface area contributed by atoms with E-state index in [0.717, 1.165) is 43.2 Å². The Bertz CT molecular complexity index is 883. The van der Waals surface area contributed by atoms with Gasteiger partial charge in [-0.25, -0.2) is 14.4 Å². The molecular formula is C19H22ClFN6O. The molecule has 1 saturated heterocycles. The minimum atomic E-state index is -0.522. The Morgan fingerprint density at radius 2 is 2.21 bits per heavy atom. The number of amides is 1. The third kappa shape index (κ3) is 3.69. The summed E-state index contributed by atoms with van der Waals surface area (Å²) in [5.41, 5.74) is 1.66. The molecule has 0 spiro atoms. The van der Waals surface area contributed by atoms with Gasteiger partial charge in [-0.15, -0.1) is 0 Å². The molecule has 0 saturated carbocycles. The summed E-state index contributed by atoms with van der Waals surface area (Å²) in [4.78, 5) is 22.2. The molecule has 0 aliphatic carbocycles. The molecule has 4 rings (SSSR count). The third-order valence-electron chi connectivity index (χ3n) is 5.22. The van der Waals surface area contributed by atoms with E-state index >= 15 is 0 Å². The molecule has 1 fully saturated rings. The Kier molecular flexibility index (Phi) is 5.21. The monoisotopic (exact) mass is 404 g/mol. The maximum absolute atomic E-state index is 14.3. The van der Waals surface area contributed by atoms with E-state index in [-0.39, 0.29) is 23.9 Å². The third-order valence-corrected chi connectivity index (χ3v) is 5.44. The van der Waals surface area contributed by atoms with Crippen LogP contribution in [0.1, 0.15) is 32.0 Å². The second kappa shape index (κ2) is 7.79. The van der Waals surface area contributed by atoms with Crippen LogP contribution in [0.2, 0.25) is 0 Å². The zero-order chi connectivity index (χ0) is 19.7. The lowest BCUT2D eigenvalue weighted by atomic mass is 10.0. The van der Waals surface area contributed by atoms with Gasteiger partial charge in [0.2, 0.25) is 5.91 Å². The summed E-state index contributed by atoms with van der Waals surface area (Å²) in [7, 11) is 0. The minimum absolute atomic E-state index is 0.0370. The fourth-order valence-electron chi connectivity index (χ4n) is 3.80. The van der Waals surface area contributed by atoms with Crippen LogP contribution in [0, 0.1) is 5.82 Å². The minimum Gasteiger partial charge on any atom is -0.367 e. The van der Waals surface area contributed by atoms with Crippen molar-refractivity contribution < 1.29 is 9.18 Å². The van der Waals surface area contributed by atoms with Crippen molar-refractivity contribution in [2.75, 3.05) is 18.4 Å². The fourth-order valence-corrected chi connectivity index (χ4v) is 3.98. The highest BCUT2D eigenvalue weighted by atomic mass is 35.5. The lowest BCUT2D eigenvalue weighted by molar-refractivity contribution is -0.132. The van der Waals surface area contributed by atoms with Crippen LogP contribution >= 0.6 is 11.6 Å². The quantitative estimate of drug-likeness (QED) is 0.714. The highest BCUT2D eigenvalue weighted by molar-refractivity contribution is 6.31. The molecule has 2 atom stereocenters. The molecule has 1 aromatic rings. The molecule has 148 valence electrons. The maximum Gasteiger partial charge on any atom is 0.219 e. The van der Waals surface area contributed by atoms with E-state index in [1.807, 2.05) is 11.0 Å². The largest absolute Gasteiger partial charge is 0.367 e. The maximum atomic E-state index is 14.3. The summed E-state index contributed by atoms with van der Waals surface area (Å²) in [5, 5.41) is 9.96. The van der Waals surface area contributed by atoms with E-state index in [0.29, 0.717) is 17.4 Å². The summed E-state index contributed by atoms with van der Waals surface area (Å²) >= 11 is 6.09. The van der Waals surface area contributed by atoms with E-state index in [2.05, 4.69) is 25.9 Å². The number of carbonyl (C=O) groups is 1. The van der Waals surface area contributed by atoms with Crippen molar-refractivity contribution in [2.45, 2.75) is 38.4 Å². The smallest absolute Gasteiger partial charge is 0.219 e. The first-order valence-corrected chi connectivity index (χ1v) is 9.74. The number of dihydropyridines is 1. The van der Waals surface area contributed by atoms with Crippen molar-refractivity contribution in [3.8, 4) is 0 Å². The lowest BCUT2D eigenvalue weighted by Gasteiger charge is -2.35. The summed E-state index contributed by atoms with van der Waals surface area (Å²) in [6.07, 6.45) is 9.36. The molecule has 4 heterocycles. The van der Waals surface area contributed by atoms with Crippen LogP contribution in [0.3, 0.4) is 0 Å². The van der Waals surface area contributed by atoms with E-state index in [4.69, 9.17) is 11.6 Å². The van der Waals surface area contributed by atoms with Crippen LogP contribution in [0.5, 0.6) is 0 Å². The van der Waals surface area contributed by atoms with E-state index < -0.39 is 5.82 Å². The number of piperidine rings is 1. The Morgan fingerprint density at radius 1 is 1.39 bits per heavy atom. The first-order chi connectivity index (χ1) is 13.5. The number of allylic oxidation sites excluding steroid dienone is 2. The van der Waals surface area contributed by atoms with Gasteiger partial charge in [-0.3, -0.25) is 4.79 Å². The van der Waals surface area contributed by atoms with Crippen LogP contribution in [-0.4, -0.2) is 46.1 Å². The number of anilines is 1. The number of nitrogens with zero attached hydrogens (tertiary/aromatic N) is 3. The number of likely N-dealkylation sites (tertiary alicyclic amines) is 1. The van der Waals surface area contributed by atoms with Crippen molar-refractivity contribution in [3.05, 3.63) is 46.9 Å². The molecule has 3 N–H and O–H groups in total. The van der Waals surface area contributed by atoms with Gasteiger partial charge in [-0.1, -0.05) is 11.6 Å². The molecule has 1 aromatic heterocycles. The molecule has 1 unspecified atom stereocenters. The normalized spacial score (nSPS) is 23.7. The second-order valence-electron chi connectivity index (χ2n) is 7.09. The van der Waals surface area contributed by atoms with Gasteiger partial charge in [0, 0.05) is 49.6 Å². The van der Waals surface area contributed by atoms with E-state index in [9.17, 15) is 9.18 Å². The molecule has 7 nitrogen and oxygen atoms in total. The molecular weight excluding hydrogens is 383 g/mol. The van der Waals surface area contributed by atoms with Crippen LogP contribution in [0.15, 0.2) is 35.3 Å². The van der Waals surface area contributed by atoms with Gasteiger partial charge < -0.3 is 20.9 Å². The Hall–Kier alpha value is -2.61. The number of carbonyl (C=O) groups excluding carboxylic acids is 1. The van der Waals surface area contributed by atoms with Crippen molar-refractivity contribution in [1.82, 2.24) is 25.5 Å². The van der Waals surface area contributed by atoms with E-state index in [1.54, 1.807) is 19.3 Å². The van der Waals surface area contributed by atoms with Crippen molar-refractivity contribution in [3.63, 3.8) is 0 Å². The van der Waals surface area contributed by atoms with Crippen molar-refractivity contribution in [1.29, 1.82) is 0 Å². The summed E-state index contributed by atoms with van der Waals surface area (Å²) in [6.45, 7) is 2.77. The first kappa shape index (κ1) is 18.7. The van der Waals surface area contributed by atoms with Gasteiger partial charge in [0.15, 0.2) is 17.5 Å². The topological polar surface area (TPSA) is 82.2 Å². The van der Waals surface area contributed by atoms with Crippen molar-refractivity contribution in [2.24, 2.45) is 0 Å². The molecule has 3 aliphatic rings. The standard InChI is InChI=1S/C19H22ClFN6O/c1-11(28)27-5-3-2-4-13(27)8-23-19-16(21)10-25-18(26-19)15-9-24-17-14(15)6-12(20)7-22-17/h6-7,9-10,13,17,22,24H,2-5,8H2,1H3,(H,23,25,26)/t13-,17?/m1/s1. The highest BCUT2D eigenvalue weighted by Gasteiger charge is 2.28. The summed E-state index contributed by atoms with van der Waals surface area (Å²) in [5.74, 6) is 0.0655. The summed E-state index contributed by atoms with van der Waals surface area (Å²) in [6, 6.07) is 0.0370. The molecule has 1 amide bonds. The average molecular weight is 405 g/mol. The first-order valence-electron chi connectivity index (χ1n) is 9.37. The number of hydrogen-bond acceptors (Lipinski definition) is 6. The van der Waals surface area contributed by atoms with Crippen molar-refractivity contribution >= 4 is 28.9 Å². The number of hydrogen-bond donors (Lipinski definition) is 3. The van der Waals surface area contributed by atoms with Gasteiger partial charge in [0.05, 0.1) is 11.2 Å². The number of aromatic nitrogens is 2. The van der Waals surface area contributed by atoms with Crippen LogP contribution in [0.4, 0.5) is 10.2 Å². The van der Waals surface area contributed by atoms with Crippen LogP contribution in [-0.2, 0) is 4.79 Å². The predicted octanol–water partition coefficient (Wildman–Crippen LogP) is 2.31. The Labute approximate surface area is 167 Å². The number of nitrogens with one attached hydrogen (secondary N) is 3. The molecule has 0 aromatic carbocycles. The fraction of sp³-hybridized carbons (Fsp3) is 0.421. The van der Waals surface area contributed by atoms with Gasteiger partial charge in [-0.05, 0) is 25.3 Å². The van der Waals surface area contributed by atoms with Gasteiger partial charge in [0.1, 0.15) is 6.17 Å². The number of halogens is 2. The molecule has 9 heteroatoms. The lowest BCUT2D eigenvalue weighted by Crippen LogP contribution is -2.46.